The van der Waals surface area contributed by atoms with Crippen LogP contribution in [-0.2, 0) is 49.5 Å². The summed E-state index contributed by atoms with van der Waals surface area (Å²) in [5.41, 5.74) is 6.12. The van der Waals surface area contributed by atoms with Gasteiger partial charge in [-0.05, 0) is 83.8 Å². The maximum Gasteiger partial charge on any atom is 0.241 e. The molecule has 5 atom stereocenters. The lowest BCUT2D eigenvalue weighted by Crippen LogP contribution is -2.49. The molecular weight excluding hydrogens is 846 g/mol. The number of hydrogen-bond donors (Lipinski definition) is 4. The molecule has 0 spiro atoms. The molecule has 10 nitrogen and oxygen atoms in total. The molecule has 1 amide bonds. The van der Waals surface area contributed by atoms with Crippen molar-refractivity contribution in [3.8, 4) is 0 Å². The van der Waals surface area contributed by atoms with Crippen LogP contribution in [0.3, 0.4) is 0 Å². The highest BCUT2D eigenvalue weighted by atomic mass is 35.5. The van der Waals surface area contributed by atoms with E-state index < -0.39 is 40.0 Å². The Bertz CT molecular complexity index is 2560. The first kappa shape index (κ1) is 45.4. The normalized spacial score (nSPS) is 20.6. The molecule has 6 aromatic rings. The van der Waals surface area contributed by atoms with Gasteiger partial charge in [0.1, 0.15) is 6.04 Å². The van der Waals surface area contributed by atoms with Gasteiger partial charge in [-0.15, -0.1) is 0 Å². The minimum Gasteiger partial charge on any atom is -0.392 e. The number of aryl methyl sites for hydroxylation is 1. The van der Waals surface area contributed by atoms with Gasteiger partial charge in [0.05, 0.1) is 29.3 Å². The number of piperidine rings is 1. The van der Waals surface area contributed by atoms with Crippen LogP contribution in [0.25, 0.3) is 0 Å². The average Bonchev–Trinajstić information content (AvgIpc) is 3.32. The Hall–Kier alpha value is -5.21. The molecule has 12 heteroatoms. The summed E-state index contributed by atoms with van der Waals surface area (Å²) in [6.45, 7) is 3.92. The van der Waals surface area contributed by atoms with E-state index in [2.05, 4.69) is 27.1 Å². The minimum absolute atomic E-state index is 0.0663. The highest BCUT2D eigenvalue weighted by molar-refractivity contribution is 7.89. The van der Waals surface area contributed by atoms with Crippen LogP contribution in [0, 0.1) is 6.92 Å². The number of carbonyl (C=O) groups is 1. The van der Waals surface area contributed by atoms with Crippen LogP contribution in [0.5, 0.6) is 0 Å². The number of rotatable bonds is 15. The minimum atomic E-state index is -3.99. The van der Waals surface area contributed by atoms with Crippen molar-refractivity contribution in [1.82, 2.24) is 14.9 Å². The van der Waals surface area contributed by atoms with Crippen LogP contribution >= 0.6 is 11.6 Å². The van der Waals surface area contributed by atoms with Crippen LogP contribution in [0.4, 0.5) is 0 Å². The van der Waals surface area contributed by atoms with Crippen molar-refractivity contribution in [3.05, 3.63) is 207 Å². The summed E-state index contributed by atoms with van der Waals surface area (Å²) in [7, 11) is -3.99. The van der Waals surface area contributed by atoms with Crippen molar-refractivity contribution in [2.24, 2.45) is 0 Å². The molecule has 0 radical (unpaired) electrons. The van der Waals surface area contributed by atoms with E-state index in [-0.39, 0.29) is 36.5 Å². The Morgan fingerprint density at radius 1 is 0.750 bits per heavy atom. The number of benzene rings is 6. The van der Waals surface area contributed by atoms with E-state index in [1.54, 1.807) is 12.1 Å². The molecule has 4 N–H and O–H groups in total. The number of aliphatic hydroxyl groups is 2. The molecule has 8 rings (SSSR count). The van der Waals surface area contributed by atoms with Crippen LogP contribution < -0.4 is 10.0 Å². The summed E-state index contributed by atoms with van der Waals surface area (Å²) < 4.78 is 43.5. The van der Waals surface area contributed by atoms with E-state index >= 15 is 0 Å². The van der Waals surface area contributed by atoms with Gasteiger partial charge in [-0.3, -0.25) is 4.79 Å². The number of halogens is 1. The number of amides is 1. The summed E-state index contributed by atoms with van der Waals surface area (Å²) in [5, 5.41) is 25.1. The lowest BCUT2D eigenvalue weighted by atomic mass is 9.81. The molecule has 2 saturated heterocycles. The molecule has 0 aliphatic carbocycles. The lowest BCUT2D eigenvalue weighted by molar-refractivity contribution is -0.264. The first-order chi connectivity index (χ1) is 31.0. The predicted octanol–water partition coefficient (Wildman–Crippen LogP) is 8.27. The Kier molecular flexibility index (Phi) is 14.4. The van der Waals surface area contributed by atoms with Crippen LogP contribution in [0.1, 0.15) is 75.7 Å². The summed E-state index contributed by atoms with van der Waals surface area (Å²) in [6.07, 6.45) is -0.158. The molecule has 0 bridgehead atoms. The van der Waals surface area contributed by atoms with Gasteiger partial charge in [0.2, 0.25) is 15.9 Å². The quantitative estimate of drug-likeness (QED) is 0.0809. The van der Waals surface area contributed by atoms with Gasteiger partial charge in [-0.2, -0.15) is 4.72 Å². The largest absolute Gasteiger partial charge is 0.392 e. The van der Waals surface area contributed by atoms with Crippen molar-refractivity contribution < 1.29 is 32.9 Å². The van der Waals surface area contributed by atoms with E-state index in [4.69, 9.17) is 21.1 Å². The zero-order chi connectivity index (χ0) is 44.7. The Morgan fingerprint density at radius 3 is 2.00 bits per heavy atom. The third-order valence-electron chi connectivity index (χ3n) is 12.4. The lowest BCUT2D eigenvalue weighted by Gasteiger charge is -2.46. The number of nitrogens with zero attached hydrogens (tertiary/aromatic N) is 1. The van der Waals surface area contributed by atoms with E-state index in [1.165, 1.54) is 12.1 Å². The van der Waals surface area contributed by atoms with Gasteiger partial charge >= 0.3 is 0 Å². The molecule has 5 unspecified atom stereocenters. The van der Waals surface area contributed by atoms with E-state index in [0.29, 0.717) is 37.5 Å². The molecule has 0 saturated carbocycles. The zero-order valence-electron chi connectivity index (χ0n) is 35.7. The summed E-state index contributed by atoms with van der Waals surface area (Å²) in [4.78, 5) is 16.2. The molecule has 2 fully saturated rings. The maximum absolute atomic E-state index is 13.8. The van der Waals surface area contributed by atoms with Crippen molar-refractivity contribution in [1.29, 1.82) is 0 Å². The molecule has 2 heterocycles. The number of carbonyl (C=O) groups excluding carboxylic acids is 1. The highest BCUT2D eigenvalue weighted by Gasteiger charge is 2.44. The van der Waals surface area contributed by atoms with Crippen molar-refractivity contribution >= 4 is 27.5 Å². The molecule has 332 valence electrons. The molecule has 6 aromatic carbocycles. The van der Waals surface area contributed by atoms with Gasteiger partial charge in [0.15, 0.2) is 6.29 Å². The summed E-state index contributed by atoms with van der Waals surface area (Å²) in [5.74, 6) is -0.631. The van der Waals surface area contributed by atoms with E-state index in [0.717, 1.165) is 44.5 Å². The molecule has 2 aliphatic heterocycles. The number of sulfonamides is 1. The Morgan fingerprint density at radius 2 is 1.36 bits per heavy atom. The third kappa shape index (κ3) is 11.0. The van der Waals surface area contributed by atoms with Gasteiger partial charge in [0, 0.05) is 42.7 Å². The maximum atomic E-state index is 13.8. The second kappa shape index (κ2) is 20.3. The number of hydrogen-bond acceptors (Lipinski definition) is 8. The van der Waals surface area contributed by atoms with Gasteiger partial charge < -0.3 is 29.9 Å². The van der Waals surface area contributed by atoms with E-state index in [9.17, 15) is 23.4 Å². The average molecular weight is 901 g/mol. The van der Waals surface area contributed by atoms with Gasteiger partial charge in [-0.25, -0.2) is 8.42 Å². The SMILES string of the molecule is Cc1ccc(S(=O)(=O)NC(Cc2ccccc2)C(=O)NCc2ccc(C3OC(CN4CCC(O)(c5ccc(Cl)cc5)CC4)C(c4ccccc4)C(c4ccc(CO)cc4)O3)cc2)cc1. The van der Waals surface area contributed by atoms with E-state index in [1.807, 2.05) is 128 Å². The molecule has 64 heavy (non-hydrogen) atoms. The topological polar surface area (TPSA) is 137 Å². The van der Waals surface area contributed by atoms with Crippen LogP contribution in [-0.4, -0.2) is 61.2 Å². The Labute approximate surface area is 380 Å². The fourth-order valence-corrected chi connectivity index (χ4v) is 10.0. The fraction of sp³-hybridized carbons (Fsp3) is 0.288. The van der Waals surface area contributed by atoms with Crippen molar-refractivity contribution in [3.63, 3.8) is 0 Å². The van der Waals surface area contributed by atoms with Crippen molar-refractivity contribution in [2.75, 3.05) is 19.6 Å². The molecule has 0 aromatic heterocycles. The number of likely N-dealkylation sites (tertiary alicyclic amines) is 1. The predicted molar refractivity (Wildman–Crippen MR) is 248 cm³/mol. The second-order valence-corrected chi connectivity index (χ2v) is 19.0. The van der Waals surface area contributed by atoms with Gasteiger partial charge in [0.25, 0.3) is 0 Å². The Balaban J connectivity index is 1.01. The number of ether oxygens (including phenoxy) is 2. The van der Waals surface area contributed by atoms with Crippen LogP contribution in [0.2, 0.25) is 5.02 Å². The smallest absolute Gasteiger partial charge is 0.241 e. The number of nitrogens with one attached hydrogen (secondary N) is 2. The van der Waals surface area contributed by atoms with Crippen molar-refractivity contribution in [2.45, 2.75) is 80.3 Å². The number of aliphatic hydroxyl groups excluding tert-OH is 1. The highest BCUT2D eigenvalue weighted by Crippen LogP contribution is 2.47. The molecular formula is C52H54ClN3O7S. The third-order valence-corrected chi connectivity index (χ3v) is 14.2. The zero-order valence-corrected chi connectivity index (χ0v) is 37.3. The van der Waals surface area contributed by atoms with Gasteiger partial charge in [-0.1, -0.05) is 151 Å². The summed E-state index contributed by atoms with van der Waals surface area (Å²) >= 11 is 6.16. The first-order valence-corrected chi connectivity index (χ1v) is 23.6. The second-order valence-electron chi connectivity index (χ2n) is 16.9. The standard InChI is InChI=1S/C52H54ClN3O7S/c1-36-12-26-45(27-13-36)64(60,61)55-46(32-37-8-4-2-5-9-37)50(58)54-33-38-14-20-42(21-15-38)51-62-47(34-56-30-28-52(59,29-31-56)43-22-24-44(53)25-23-43)48(40-10-6-3-7-11-40)49(63-51)41-18-16-39(35-57)17-19-41/h2-27,46-49,51,55,57,59H,28-35H2,1H3,(H,54,58). The van der Waals surface area contributed by atoms with Crippen LogP contribution in [0.15, 0.2) is 163 Å². The fourth-order valence-electron chi connectivity index (χ4n) is 8.69. The summed E-state index contributed by atoms with van der Waals surface area (Å²) in [6, 6.07) is 48.1. The molecule has 2 aliphatic rings. The first-order valence-electron chi connectivity index (χ1n) is 21.7. The monoisotopic (exact) mass is 899 g/mol.